The highest BCUT2D eigenvalue weighted by Gasteiger charge is 2.14. The van der Waals surface area contributed by atoms with E-state index in [1.165, 1.54) is 43.9 Å². The van der Waals surface area contributed by atoms with E-state index in [1.54, 1.807) is 0 Å². The third-order valence-corrected chi connectivity index (χ3v) is 5.37. The van der Waals surface area contributed by atoms with Crippen LogP contribution in [0.3, 0.4) is 0 Å². The van der Waals surface area contributed by atoms with Gasteiger partial charge in [0.25, 0.3) is 0 Å². The molecule has 0 spiro atoms. The summed E-state index contributed by atoms with van der Waals surface area (Å²) in [4.78, 5) is 16.6. The summed E-state index contributed by atoms with van der Waals surface area (Å²) in [5.41, 5.74) is 1.11. The summed E-state index contributed by atoms with van der Waals surface area (Å²) in [5, 5.41) is 10.8. The molecule has 3 rings (SSSR count). The lowest BCUT2D eigenvalue weighted by Gasteiger charge is -2.20. The number of hydrogen-bond acceptors (Lipinski definition) is 4. The maximum absolute atomic E-state index is 12.2. The molecule has 1 aromatic carbocycles. The number of H-pyrrole nitrogens is 1. The number of thioether (sulfide) groups is 1. The van der Waals surface area contributed by atoms with Gasteiger partial charge < -0.3 is 5.32 Å². The molecule has 138 valence electrons. The third kappa shape index (κ3) is 6.33. The van der Waals surface area contributed by atoms with Crippen LogP contribution in [0.2, 0.25) is 0 Å². The van der Waals surface area contributed by atoms with E-state index in [0.29, 0.717) is 22.8 Å². The van der Waals surface area contributed by atoms with Gasteiger partial charge in [-0.2, -0.15) is 0 Å². The molecule has 1 aromatic heterocycles. The fourth-order valence-electron chi connectivity index (χ4n) is 3.14. The van der Waals surface area contributed by atoms with E-state index in [-0.39, 0.29) is 5.91 Å². The first-order chi connectivity index (χ1) is 12.8. The van der Waals surface area contributed by atoms with Crippen molar-refractivity contribution in [2.75, 3.05) is 5.75 Å². The van der Waals surface area contributed by atoms with E-state index >= 15 is 0 Å². The van der Waals surface area contributed by atoms with Gasteiger partial charge in [-0.05, 0) is 24.5 Å². The van der Waals surface area contributed by atoms with Crippen LogP contribution in [0.5, 0.6) is 0 Å². The van der Waals surface area contributed by atoms with Gasteiger partial charge in [-0.1, -0.05) is 80.3 Å². The summed E-state index contributed by atoms with van der Waals surface area (Å²) in [6.07, 6.45) is 12.4. The molecule has 0 unspecified atom stereocenters. The van der Waals surface area contributed by atoms with Crippen molar-refractivity contribution < 1.29 is 4.79 Å². The highest BCUT2D eigenvalue weighted by molar-refractivity contribution is 7.99. The molecule has 1 fully saturated rings. The number of carbonyl (C=O) groups excluding carboxylic acids is 1. The van der Waals surface area contributed by atoms with Crippen LogP contribution in [-0.2, 0) is 4.79 Å². The molecule has 1 heterocycles. The molecular weight excluding hydrogens is 344 g/mol. The monoisotopic (exact) mass is 370 g/mol. The number of nitrogens with one attached hydrogen (secondary N) is 2. The average molecular weight is 371 g/mol. The van der Waals surface area contributed by atoms with Crippen LogP contribution in [0.15, 0.2) is 35.5 Å². The second kappa shape index (κ2) is 10.2. The molecule has 5 nitrogen and oxygen atoms in total. The summed E-state index contributed by atoms with van der Waals surface area (Å²) in [6, 6.07) is 10.4. The van der Waals surface area contributed by atoms with Crippen molar-refractivity contribution in [3.63, 3.8) is 0 Å². The van der Waals surface area contributed by atoms with Gasteiger partial charge in [0.1, 0.15) is 5.82 Å². The summed E-state index contributed by atoms with van der Waals surface area (Å²) >= 11 is 1.37. The Balaban J connectivity index is 1.43. The molecule has 1 amide bonds. The predicted octanol–water partition coefficient (Wildman–Crippen LogP) is 4.30. The molecule has 6 heteroatoms. The van der Waals surface area contributed by atoms with Crippen molar-refractivity contribution in [2.24, 2.45) is 0 Å². The van der Waals surface area contributed by atoms with E-state index in [4.69, 9.17) is 0 Å². The van der Waals surface area contributed by atoms with Crippen molar-refractivity contribution in [3.05, 3.63) is 41.7 Å². The van der Waals surface area contributed by atoms with Crippen LogP contribution < -0.4 is 5.32 Å². The quantitative estimate of drug-likeness (QED) is 0.744. The SMILES string of the molecule is O=C(CSc1n[nH]c(/C=C/c2ccccc2)n1)NC1CCCCCCC1. The lowest BCUT2D eigenvalue weighted by Crippen LogP contribution is -2.36. The van der Waals surface area contributed by atoms with Crippen LogP contribution in [0, 0.1) is 0 Å². The summed E-state index contributed by atoms with van der Waals surface area (Å²) in [6.45, 7) is 0. The number of amides is 1. The van der Waals surface area contributed by atoms with Gasteiger partial charge in [-0.25, -0.2) is 4.98 Å². The molecule has 2 N–H and O–H groups in total. The Labute approximate surface area is 159 Å². The summed E-state index contributed by atoms with van der Waals surface area (Å²) in [5.74, 6) is 1.12. The summed E-state index contributed by atoms with van der Waals surface area (Å²) in [7, 11) is 0. The molecule has 0 bridgehead atoms. The number of benzene rings is 1. The standard InChI is InChI=1S/C20H26N4OS/c25-19(21-17-11-7-2-1-3-8-12-17)15-26-20-22-18(23-24-20)14-13-16-9-5-4-6-10-16/h4-6,9-10,13-14,17H,1-3,7-8,11-12,15H2,(H,21,25)(H,22,23,24)/b14-13+. The fraction of sp³-hybridized carbons (Fsp3) is 0.450. The lowest BCUT2D eigenvalue weighted by molar-refractivity contribution is -0.119. The van der Waals surface area contributed by atoms with Gasteiger partial charge in [-0.3, -0.25) is 9.89 Å². The highest BCUT2D eigenvalue weighted by Crippen LogP contribution is 2.18. The van der Waals surface area contributed by atoms with Gasteiger partial charge >= 0.3 is 0 Å². The third-order valence-electron chi connectivity index (χ3n) is 4.52. The molecule has 0 atom stereocenters. The molecule has 2 aromatic rings. The van der Waals surface area contributed by atoms with Crippen LogP contribution in [0.1, 0.15) is 56.3 Å². The topological polar surface area (TPSA) is 70.7 Å². The second-order valence-corrected chi connectivity index (χ2v) is 7.59. The van der Waals surface area contributed by atoms with Gasteiger partial charge in [-0.15, -0.1) is 5.10 Å². The van der Waals surface area contributed by atoms with Gasteiger partial charge in [0.05, 0.1) is 5.75 Å². The first kappa shape index (κ1) is 18.7. The zero-order valence-electron chi connectivity index (χ0n) is 15.0. The maximum Gasteiger partial charge on any atom is 0.230 e. The Morgan fingerprint density at radius 3 is 2.62 bits per heavy atom. The molecule has 0 aliphatic heterocycles. The van der Waals surface area contributed by atoms with Crippen LogP contribution in [0.4, 0.5) is 0 Å². The van der Waals surface area contributed by atoms with Crippen LogP contribution in [0.25, 0.3) is 12.2 Å². The average Bonchev–Trinajstić information content (AvgIpc) is 3.09. The number of hydrogen-bond donors (Lipinski definition) is 2. The maximum atomic E-state index is 12.2. The van der Waals surface area contributed by atoms with Crippen molar-refractivity contribution in [1.82, 2.24) is 20.5 Å². The van der Waals surface area contributed by atoms with Crippen molar-refractivity contribution in [3.8, 4) is 0 Å². The Kier molecular flexibility index (Phi) is 7.31. The highest BCUT2D eigenvalue weighted by atomic mass is 32.2. The minimum absolute atomic E-state index is 0.0757. The Bertz CT molecular complexity index is 706. The number of carbonyl (C=O) groups is 1. The zero-order chi connectivity index (χ0) is 18.0. The van der Waals surface area contributed by atoms with Crippen LogP contribution in [-0.4, -0.2) is 32.9 Å². The first-order valence-electron chi connectivity index (χ1n) is 9.37. The van der Waals surface area contributed by atoms with Gasteiger partial charge in [0.2, 0.25) is 11.1 Å². The number of aromatic amines is 1. The molecule has 26 heavy (non-hydrogen) atoms. The molecule has 0 saturated heterocycles. The van der Waals surface area contributed by atoms with Crippen LogP contribution >= 0.6 is 11.8 Å². The first-order valence-corrected chi connectivity index (χ1v) is 10.4. The van der Waals surface area contributed by atoms with E-state index in [0.717, 1.165) is 18.4 Å². The predicted molar refractivity (Wildman–Crippen MR) is 107 cm³/mol. The Hall–Kier alpha value is -2.08. The molecule has 1 aliphatic carbocycles. The fourth-order valence-corrected chi connectivity index (χ4v) is 3.75. The van der Waals surface area contributed by atoms with E-state index in [2.05, 4.69) is 20.5 Å². The van der Waals surface area contributed by atoms with Crippen molar-refractivity contribution >= 4 is 29.8 Å². The molecule has 1 saturated carbocycles. The van der Waals surface area contributed by atoms with Gasteiger partial charge in [0, 0.05) is 6.04 Å². The lowest BCUT2D eigenvalue weighted by atomic mass is 9.97. The smallest absolute Gasteiger partial charge is 0.230 e. The summed E-state index contributed by atoms with van der Waals surface area (Å²) < 4.78 is 0. The number of nitrogens with zero attached hydrogens (tertiary/aromatic N) is 2. The number of rotatable bonds is 6. The molecular formula is C20H26N4OS. The van der Waals surface area contributed by atoms with E-state index < -0.39 is 0 Å². The Morgan fingerprint density at radius 1 is 1.12 bits per heavy atom. The zero-order valence-corrected chi connectivity index (χ0v) is 15.8. The minimum atomic E-state index is 0.0757. The van der Waals surface area contributed by atoms with Crippen molar-refractivity contribution in [2.45, 2.75) is 56.1 Å². The largest absolute Gasteiger partial charge is 0.353 e. The van der Waals surface area contributed by atoms with E-state index in [1.807, 2.05) is 42.5 Å². The number of aromatic nitrogens is 3. The van der Waals surface area contributed by atoms with E-state index in [9.17, 15) is 4.79 Å². The van der Waals surface area contributed by atoms with Crippen molar-refractivity contribution in [1.29, 1.82) is 0 Å². The minimum Gasteiger partial charge on any atom is -0.353 e. The normalized spacial score (nSPS) is 16.3. The van der Waals surface area contributed by atoms with Gasteiger partial charge in [0.15, 0.2) is 0 Å². The Morgan fingerprint density at radius 2 is 1.85 bits per heavy atom. The molecule has 1 aliphatic rings. The second-order valence-electron chi connectivity index (χ2n) is 6.65. The molecule has 0 radical (unpaired) electrons.